The fraction of sp³-hybridized carbons (Fsp3) is 0.0492. The Morgan fingerprint density at radius 3 is 0.817 bits per heavy atom. The fourth-order valence-electron chi connectivity index (χ4n) is 21.0. The Hall–Kier alpha value is -15.9. The molecular weight excluding hydrogens is 1520 g/mol. The number of benzene rings is 22. The van der Waals surface area contributed by atoms with Crippen molar-refractivity contribution in [2.24, 2.45) is 0 Å². The van der Waals surface area contributed by atoms with Crippen LogP contribution < -0.4 is 19.6 Å². The summed E-state index contributed by atoms with van der Waals surface area (Å²) in [5, 5.41) is 19.1. The summed E-state index contributed by atoms with van der Waals surface area (Å²) in [5.41, 5.74) is 29.9. The zero-order chi connectivity index (χ0) is 83.9. The number of nitrogens with zero attached hydrogens (tertiary/aromatic N) is 4. The van der Waals surface area contributed by atoms with E-state index in [2.05, 4.69) is 496 Å². The minimum atomic E-state index is -0.398. The van der Waals surface area contributed by atoms with Crippen LogP contribution in [0.25, 0.3) is 142 Å². The predicted molar refractivity (Wildman–Crippen MR) is 537 cm³/mol. The van der Waals surface area contributed by atoms with Gasteiger partial charge in [-0.25, -0.2) is 0 Å². The quantitative estimate of drug-likeness (QED) is 0.0949. The van der Waals surface area contributed by atoms with Crippen molar-refractivity contribution in [3.63, 3.8) is 0 Å². The Kier molecular flexibility index (Phi) is 17.3. The van der Waals surface area contributed by atoms with Gasteiger partial charge in [0.2, 0.25) is 0 Å². The minimum Gasteiger partial charge on any atom is -0.310 e. The molecular formula is C122H86N4. The predicted octanol–water partition coefficient (Wildman–Crippen LogP) is 34.4. The SMILES string of the molecule is CC1(C)c2cc(N(c3ccc(-c4ccccc4)cc3)c3cccc4ccccc34)ccc2-c2ccc(N(c3ccc(-c4ccccc4)cc3)c3cccc4cc(-c5ccc6c(N(c7ccc8c(c7)C(C)(C)c7cc(N(c9cccc%10ccccc9%10)c9cc%10ccccc%10c%10ccccc9%10)ccc7-8)c7cccc8ccccc78)cc7ccccc7c6c5)ccc34)cc21. The van der Waals surface area contributed by atoms with Crippen LogP contribution in [0.4, 0.5) is 68.2 Å². The molecule has 4 nitrogen and oxygen atoms in total. The maximum atomic E-state index is 2.55. The van der Waals surface area contributed by atoms with Crippen LogP contribution in [0.15, 0.2) is 449 Å². The summed E-state index contributed by atoms with van der Waals surface area (Å²) < 4.78 is 0. The molecule has 22 aromatic carbocycles. The van der Waals surface area contributed by atoms with Gasteiger partial charge in [0.15, 0.2) is 0 Å². The van der Waals surface area contributed by atoms with Gasteiger partial charge in [-0.3, -0.25) is 0 Å². The van der Waals surface area contributed by atoms with Crippen molar-refractivity contribution in [3.8, 4) is 55.6 Å². The molecule has 0 N–H and O–H groups in total. The molecule has 0 radical (unpaired) electrons. The standard InChI is InChI=1S/C122H86N4/c1-121(2)111-75-93(123(115-47-23-36-83-31-11-18-42-99(83)115)91-57-51-81(52-58-91)79-27-7-5-8-28-79)61-67-104(111)105-68-62-94(76-112(105)121)124(92-59-53-82(54-60-92)80-29-9-6-10-30-80)116-48-26-39-88-71-86(55-65-102(88)116)87-56-66-109-110(72-87)98-41-17-15-35-90(98)74-120(109)126(118-50-25-38-85-33-13-20-44-101(85)118)96-64-70-107-106-69-63-95(77-113(106)122(3,4)114(107)78-96)125(117-49-24-37-84-32-12-19-43-100(84)117)119-73-89-34-14-16-40-97(89)103-45-21-22-46-108(103)119/h5-78H,1-4H3. The van der Waals surface area contributed by atoms with Gasteiger partial charge in [0.05, 0.1) is 34.1 Å². The van der Waals surface area contributed by atoms with Crippen molar-refractivity contribution in [2.45, 2.75) is 38.5 Å². The van der Waals surface area contributed by atoms with Crippen molar-refractivity contribution >= 4 is 154 Å². The van der Waals surface area contributed by atoms with E-state index in [1.807, 2.05) is 0 Å². The van der Waals surface area contributed by atoms with Crippen LogP contribution in [0.3, 0.4) is 0 Å². The van der Waals surface area contributed by atoms with Crippen LogP contribution in [-0.2, 0) is 10.8 Å². The van der Waals surface area contributed by atoms with Gasteiger partial charge in [0.25, 0.3) is 0 Å². The van der Waals surface area contributed by atoms with E-state index >= 15 is 0 Å². The molecule has 2 aliphatic rings. The maximum absolute atomic E-state index is 2.55. The summed E-state index contributed by atoms with van der Waals surface area (Å²) in [4.78, 5) is 10.0. The van der Waals surface area contributed by atoms with Gasteiger partial charge in [-0.15, -0.1) is 0 Å². The second-order valence-corrected chi connectivity index (χ2v) is 35.1. The van der Waals surface area contributed by atoms with Crippen molar-refractivity contribution in [1.82, 2.24) is 0 Å². The molecule has 0 atom stereocenters. The summed E-state index contributed by atoms with van der Waals surface area (Å²) in [6.45, 7) is 9.69. The van der Waals surface area contributed by atoms with E-state index in [1.54, 1.807) is 0 Å². The largest absolute Gasteiger partial charge is 0.310 e. The lowest BCUT2D eigenvalue weighted by Gasteiger charge is -2.31. The van der Waals surface area contributed by atoms with Gasteiger partial charge in [-0.2, -0.15) is 0 Å². The van der Waals surface area contributed by atoms with Gasteiger partial charge in [0.1, 0.15) is 0 Å². The number of hydrogen-bond acceptors (Lipinski definition) is 4. The van der Waals surface area contributed by atoms with E-state index < -0.39 is 5.41 Å². The number of hydrogen-bond donors (Lipinski definition) is 0. The van der Waals surface area contributed by atoms with Crippen molar-refractivity contribution in [1.29, 1.82) is 0 Å². The molecule has 0 fully saturated rings. The highest BCUT2D eigenvalue weighted by atomic mass is 15.2. The number of rotatable bonds is 15. The van der Waals surface area contributed by atoms with Gasteiger partial charge in [0, 0.05) is 77.3 Å². The third-order valence-electron chi connectivity index (χ3n) is 27.3. The molecule has 22 aromatic rings. The van der Waals surface area contributed by atoms with E-state index in [1.165, 1.54) is 142 Å². The molecule has 0 bridgehead atoms. The first-order chi connectivity index (χ1) is 62.0. The lowest BCUT2D eigenvalue weighted by Crippen LogP contribution is -2.18. The maximum Gasteiger partial charge on any atom is 0.0546 e. The van der Waals surface area contributed by atoms with Crippen molar-refractivity contribution < 1.29 is 0 Å². The first kappa shape index (κ1) is 74.0. The molecule has 0 aliphatic heterocycles. The smallest absolute Gasteiger partial charge is 0.0546 e. The van der Waals surface area contributed by atoms with Crippen molar-refractivity contribution in [3.05, 3.63) is 471 Å². The first-order valence-electron chi connectivity index (χ1n) is 43.9. The Labute approximate surface area is 734 Å². The highest BCUT2D eigenvalue weighted by Gasteiger charge is 2.40. The summed E-state index contributed by atoms with van der Waals surface area (Å²) >= 11 is 0. The van der Waals surface area contributed by atoms with E-state index in [9.17, 15) is 0 Å². The Morgan fingerprint density at radius 2 is 0.405 bits per heavy atom. The highest BCUT2D eigenvalue weighted by Crippen LogP contribution is 2.58. The number of anilines is 12. The molecule has 0 saturated carbocycles. The molecule has 4 heteroatoms. The average molecular weight is 1610 g/mol. The van der Waals surface area contributed by atoms with Gasteiger partial charge in [-0.05, 0) is 253 Å². The normalized spacial score (nSPS) is 12.9. The monoisotopic (exact) mass is 1610 g/mol. The molecule has 126 heavy (non-hydrogen) atoms. The van der Waals surface area contributed by atoms with Gasteiger partial charge >= 0.3 is 0 Å². The van der Waals surface area contributed by atoms with Gasteiger partial charge < -0.3 is 19.6 Å². The third kappa shape index (κ3) is 12.1. The molecule has 0 amide bonds. The van der Waals surface area contributed by atoms with Crippen molar-refractivity contribution in [2.75, 3.05) is 19.6 Å². The Balaban J connectivity index is 0.607. The third-order valence-corrected chi connectivity index (χ3v) is 27.3. The Bertz CT molecular complexity index is 8150. The Morgan fingerprint density at radius 1 is 0.143 bits per heavy atom. The average Bonchev–Trinajstić information content (AvgIpc) is 1.54. The molecule has 0 spiro atoms. The zero-order valence-corrected chi connectivity index (χ0v) is 70.5. The van der Waals surface area contributed by atoms with Crippen LogP contribution >= 0.6 is 0 Å². The topological polar surface area (TPSA) is 13.0 Å². The van der Waals surface area contributed by atoms with Crippen LogP contribution in [0.5, 0.6) is 0 Å². The van der Waals surface area contributed by atoms with Crippen LogP contribution in [0.1, 0.15) is 49.9 Å². The second-order valence-electron chi connectivity index (χ2n) is 35.1. The zero-order valence-electron chi connectivity index (χ0n) is 70.5. The molecule has 0 saturated heterocycles. The van der Waals surface area contributed by atoms with Gasteiger partial charge in [-0.1, -0.05) is 355 Å². The molecule has 0 heterocycles. The summed E-state index contributed by atoms with van der Waals surface area (Å²) in [6.07, 6.45) is 0. The van der Waals surface area contributed by atoms with E-state index in [-0.39, 0.29) is 5.41 Å². The second kappa shape index (κ2) is 29.5. The molecule has 0 unspecified atom stereocenters. The molecule has 594 valence electrons. The van der Waals surface area contributed by atoms with E-state index in [0.717, 1.165) is 90.1 Å². The lowest BCUT2D eigenvalue weighted by atomic mass is 9.82. The van der Waals surface area contributed by atoms with E-state index in [0.29, 0.717) is 0 Å². The lowest BCUT2D eigenvalue weighted by molar-refractivity contribution is 0.660. The fourth-order valence-corrected chi connectivity index (χ4v) is 21.0. The minimum absolute atomic E-state index is 0.367. The first-order valence-corrected chi connectivity index (χ1v) is 43.9. The highest BCUT2D eigenvalue weighted by molar-refractivity contribution is 6.19. The molecule has 24 rings (SSSR count). The van der Waals surface area contributed by atoms with Crippen LogP contribution in [0.2, 0.25) is 0 Å². The summed E-state index contributed by atoms with van der Waals surface area (Å²) in [7, 11) is 0. The van der Waals surface area contributed by atoms with Crippen LogP contribution in [-0.4, -0.2) is 0 Å². The summed E-state index contributed by atoms with van der Waals surface area (Å²) in [5.74, 6) is 0. The van der Waals surface area contributed by atoms with E-state index in [4.69, 9.17) is 0 Å². The molecule has 2 aliphatic carbocycles. The summed E-state index contributed by atoms with van der Waals surface area (Å²) in [6, 6.07) is 168. The molecule has 0 aromatic heterocycles. The number of fused-ring (bicyclic) bond motifs is 16. The van der Waals surface area contributed by atoms with Crippen LogP contribution in [0, 0.1) is 0 Å².